The first-order valence-electron chi connectivity index (χ1n) is 6.69. The van der Waals surface area contributed by atoms with E-state index < -0.39 is 17.7 Å². The molecule has 0 aromatic heterocycles. The maximum atomic E-state index is 13.7. The predicted molar refractivity (Wildman–Crippen MR) is 77.9 cm³/mol. The molecule has 2 aromatic carbocycles. The highest BCUT2D eigenvalue weighted by Gasteiger charge is 2.19. The Morgan fingerprint density at radius 3 is 2.38 bits per heavy atom. The zero-order valence-electron chi connectivity index (χ0n) is 11.8. The molecular weight excluding hydrogens is 271 g/mol. The van der Waals surface area contributed by atoms with Gasteiger partial charge in [0.05, 0.1) is 13.0 Å². The highest BCUT2D eigenvalue weighted by atomic mass is 19.1. The first-order chi connectivity index (χ1) is 10.1. The quantitative estimate of drug-likeness (QED) is 0.887. The van der Waals surface area contributed by atoms with Gasteiger partial charge in [-0.1, -0.05) is 36.4 Å². The van der Waals surface area contributed by atoms with Crippen LogP contribution in [0.3, 0.4) is 0 Å². The topological polar surface area (TPSA) is 46.5 Å². The maximum Gasteiger partial charge on any atom is 0.307 e. The van der Waals surface area contributed by atoms with E-state index in [2.05, 4.69) is 0 Å². The summed E-state index contributed by atoms with van der Waals surface area (Å²) in [6.07, 6.45) is 0.703. The second kappa shape index (κ2) is 6.88. The second-order valence-corrected chi connectivity index (χ2v) is 4.90. The minimum Gasteiger partial charge on any atom is -0.494 e. The molecule has 0 radical (unpaired) electrons. The van der Waals surface area contributed by atoms with Crippen LogP contribution in [0.2, 0.25) is 0 Å². The molecule has 1 N–H and O–H groups in total. The van der Waals surface area contributed by atoms with Gasteiger partial charge in [-0.05, 0) is 36.1 Å². The second-order valence-electron chi connectivity index (χ2n) is 4.90. The molecule has 0 spiro atoms. The number of carboxylic acids is 1. The van der Waals surface area contributed by atoms with Gasteiger partial charge in [-0.2, -0.15) is 0 Å². The SMILES string of the molecule is COc1ccc(CC(Cc2ccccc2)C(=O)O)cc1F. The van der Waals surface area contributed by atoms with E-state index in [1.54, 1.807) is 6.07 Å². The average Bonchev–Trinajstić information content (AvgIpc) is 2.48. The largest absolute Gasteiger partial charge is 0.494 e. The van der Waals surface area contributed by atoms with Crippen LogP contribution in [0, 0.1) is 11.7 Å². The first-order valence-corrected chi connectivity index (χ1v) is 6.69. The van der Waals surface area contributed by atoms with Crippen LogP contribution in [0.1, 0.15) is 11.1 Å². The summed E-state index contributed by atoms with van der Waals surface area (Å²) in [6.45, 7) is 0. The Balaban J connectivity index is 2.13. The molecule has 0 amide bonds. The average molecular weight is 288 g/mol. The van der Waals surface area contributed by atoms with Crippen molar-refractivity contribution in [1.29, 1.82) is 0 Å². The molecule has 1 unspecified atom stereocenters. The van der Waals surface area contributed by atoms with Gasteiger partial charge in [0.1, 0.15) is 0 Å². The molecule has 110 valence electrons. The maximum absolute atomic E-state index is 13.7. The summed E-state index contributed by atoms with van der Waals surface area (Å²) in [7, 11) is 1.40. The van der Waals surface area contributed by atoms with Gasteiger partial charge in [0, 0.05) is 0 Å². The number of carbonyl (C=O) groups is 1. The number of halogens is 1. The van der Waals surface area contributed by atoms with E-state index in [0.29, 0.717) is 12.0 Å². The summed E-state index contributed by atoms with van der Waals surface area (Å²) in [5.41, 5.74) is 1.61. The molecule has 0 aliphatic carbocycles. The molecule has 2 rings (SSSR count). The van der Waals surface area contributed by atoms with Gasteiger partial charge < -0.3 is 9.84 Å². The highest BCUT2D eigenvalue weighted by Crippen LogP contribution is 2.21. The molecule has 0 heterocycles. The molecular formula is C17H17FO3. The zero-order valence-corrected chi connectivity index (χ0v) is 11.8. The lowest BCUT2D eigenvalue weighted by Crippen LogP contribution is -2.19. The monoisotopic (exact) mass is 288 g/mol. The number of hydrogen-bond acceptors (Lipinski definition) is 2. The van der Waals surface area contributed by atoms with Gasteiger partial charge in [0.15, 0.2) is 11.6 Å². The van der Waals surface area contributed by atoms with E-state index in [0.717, 1.165) is 5.56 Å². The number of benzene rings is 2. The molecule has 2 aromatic rings. The minimum absolute atomic E-state index is 0.161. The lowest BCUT2D eigenvalue weighted by Gasteiger charge is -2.13. The molecule has 4 heteroatoms. The summed E-state index contributed by atoms with van der Waals surface area (Å²) < 4.78 is 18.5. The van der Waals surface area contributed by atoms with Crippen LogP contribution in [0.15, 0.2) is 48.5 Å². The molecule has 0 saturated carbocycles. The number of carboxylic acid groups (broad SMARTS) is 1. The Bertz CT molecular complexity index is 611. The van der Waals surface area contributed by atoms with Crippen LogP contribution in [0.4, 0.5) is 4.39 Å². The van der Waals surface area contributed by atoms with Crippen molar-refractivity contribution in [2.75, 3.05) is 7.11 Å². The fraction of sp³-hybridized carbons (Fsp3) is 0.235. The highest BCUT2D eigenvalue weighted by molar-refractivity contribution is 5.70. The molecule has 0 fully saturated rings. The molecule has 0 saturated heterocycles. The van der Waals surface area contributed by atoms with Gasteiger partial charge in [0.2, 0.25) is 0 Å². The fourth-order valence-corrected chi connectivity index (χ4v) is 2.27. The molecule has 0 aliphatic heterocycles. The van der Waals surface area contributed by atoms with Crippen LogP contribution in [0.25, 0.3) is 0 Å². The van der Waals surface area contributed by atoms with Gasteiger partial charge in [0.25, 0.3) is 0 Å². The van der Waals surface area contributed by atoms with Crippen LogP contribution < -0.4 is 4.74 Å². The summed E-state index contributed by atoms with van der Waals surface area (Å²) in [5.74, 6) is -1.78. The Morgan fingerprint density at radius 1 is 1.14 bits per heavy atom. The molecule has 1 atom stereocenters. The molecule has 0 aliphatic rings. The third-order valence-electron chi connectivity index (χ3n) is 3.37. The Labute approximate surface area is 123 Å². The van der Waals surface area contributed by atoms with Crippen molar-refractivity contribution in [3.05, 3.63) is 65.5 Å². The van der Waals surface area contributed by atoms with Gasteiger partial charge >= 0.3 is 5.97 Å². The zero-order chi connectivity index (χ0) is 15.2. The van der Waals surface area contributed by atoms with Crippen molar-refractivity contribution in [1.82, 2.24) is 0 Å². The number of ether oxygens (including phenoxy) is 1. The van der Waals surface area contributed by atoms with E-state index in [9.17, 15) is 14.3 Å². The van der Waals surface area contributed by atoms with Gasteiger partial charge in [-0.15, -0.1) is 0 Å². The predicted octanol–water partition coefficient (Wildman–Crippen LogP) is 3.32. The smallest absolute Gasteiger partial charge is 0.307 e. The van der Waals surface area contributed by atoms with Crippen LogP contribution >= 0.6 is 0 Å². The fourth-order valence-electron chi connectivity index (χ4n) is 2.27. The first kappa shape index (κ1) is 15.0. The Kier molecular flexibility index (Phi) is 4.93. The summed E-state index contributed by atoms with van der Waals surface area (Å²) in [6, 6.07) is 14.0. The number of rotatable bonds is 6. The summed E-state index contributed by atoms with van der Waals surface area (Å²) >= 11 is 0. The normalized spacial score (nSPS) is 11.9. The third kappa shape index (κ3) is 4.05. The van der Waals surface area contributed by atoms with E-state index >= 15 is 0 Å². The van der Waals surface area contributed by atoms with Crippen molar-refractivity contribution in [3.63, 3.8) is 0 Å². The third-order valence-corrected chi connectivity index (χ3v) is 3.37. The summed E-state index contributed by atoms with van der Waals surface area (Å²) in [4.78, 5) is 11.4. The van der Waals surface area contributed by atoms with Crippen LogP contribution in [0.5, 0.6) is 5.75 Å². The van der Waals surface area contributed by atoms with Crippen molar-refractivity contribution < 1.29 is 19.0 Å². The Hall–Kier alpha value is -2.36. The lowest BCUT2D eigenvalue weighted by atomic mass is 9.92. The minimum atomic E-state index is -0.880. The van der Waals surface area contributed by atoms with E-state index in [4.69, 9.17) is 4.74 Å². The van der Waals surface area contributed by atoms with Crippen molar-refractivity contribution in [2.45, 2.75) is 12.8 Å². The number of aliphatic carboxylic acids is 1. The van der Waals surface area contributed by atoms with Crippen molar-refractivity contribution in [2.24, 2.45) is 5.92 Å². The number of methoxy groups -OCH3 is 1. The van der Waals surface area contributed by atoms with E-state index in [1.807, 2.05) is 30.3 Å². The van der Waals surface area contributed by atoms with Crippen molar-refractivity contribution in [3.8, 4) is 5.75 Å². The van der Waals surface area contributed by atoms with E-state index in [-0.39, 0.29) is 12.2 Å². The van der Waals surface area contributed by atoms with E-state index in [1.165, 1.54) is 19.2 Å². The van der Waals surface area contributed by atoms with Gasteiger partial charge in [-0.25, -0.2) is 4.39 Å². The molecule has 0 bridgehead atoms. The Morgan fingerprint density at radius 2 is 1.81 bits per heavy atom. The van der Waals surface area contributed by atoms with Crippen LogP contribution in [-0.4, -0.2) is 18.2 Å². The molecule has 3 nitrogen and oxygen atoms in total. The van der Waals surface area contributed by atoms with Crippen LogP contribution in [-0.2, 0) is 17.6 Å². The standard InChI is InChI=1S/C17H17FO3/c1-21-16-8-7-13(11-15(16)18)10-14(17(19)20)9-12-5-3-2-4-6-12/h2-8,11,14H,9-10H2,1H3,(H,19,20). The summed E-state index contributed by atoms with van der Waals surface area (Å²) in [5, 5.41) is 9.35. The lowest BCUT2D eigenvalue weighted by molar-refractivity contribution is -0.141. The van der Waals surface area contributed by atoms with Crippen molar-refractivity contribution >= 4 is 5.97 Å². The number of hydrogen-bond donors (Lipinski definition) is 1. The van der Waals surface area contributed by atoms with Gasteiger partial charge in [-0.3, -0.25) is 4.79 Å². The molecule has 21 heavy (non-hydrogen) atoms.